The van der Waals surface area contributed by atoms with Gasteiger partial charge in [0.2, 0.25) is 5.91 Å². The number of carbonyl (C=O) groups is 2. The van der Waals surface area contributed by atoms with Crippen LogP contribution in [0.2, 0.25) is 0 Å². The second-order valence-electron chi connectivity index (χ2n) is 10.9. The molecule has 1 amide bonds. The fraction of sp³-hybridized carbons (Fsp3) is 0.382. The fourth-order valence-electron chi connectivity index (χ4n) is 4.89. The standard InChI is InChI=1S/C34H37FN2O5S/c1-3-14-37(33(39)22-41-16-15-40-2)21-24-6-9-26(10-7-24)32-20-29-34(43-32)31(12-13-36-29)42-30-11-8-25(19-28(30)35)18-27(38)17-23-4-5-23/h6-13,19-20,23H,3-5,14-18,21-22H2,1-2H3. The van der Waals surface area contributed by atoms with Gasteiger partial charge in [-0.25, -0.2) is 4.39 Å². The number of thiophene rings is 1. The third kappa shape index (κ3) is 8.46. The van der Waals surface area contributed by atoms with Crippen molar-refractivity contribution in [1.29, 1.82) is 0 Å². The molecule has 7 nitrogen and oxygen atoms in total. The van der Waals surface area contributed by atoms with Crippen LogP contribution in [-0.4, -0.2) is 55.0 Å². The second-order valence-corrected chi connectivity index (χ2v) is 12.0. The molecule has 226 valence electrons. The Kier molecular flexibility index (Phi) is 10.5. The molecule has 0 atom stereocenters. The number of nitrogens with zero attached hydrogens (tertiary/aromatic N) is 2. The van der Waals surface area contributed by atoms with Crippen molar-refractivity contribution in [3.63, 3.8) is 0 Å². The lowest BCUT2D eigenvalue weighted by atomic mass is 10.0. The van der Waals surface area contributed by atoms with Crippen molar-refractivity contribution in [2.75, 3.05) is 33.5 Å². The largest absolute Gasteiger partial charge is 0.453 e. The maximum atomic E-state index is 15.0. The summed E-state index contributed by atoms with van der Waals surface area (Å²) in [5, 5.41) is 0. The summed E-state index contributed by atoms with van der Waals surface area (Å²) in [6.07, 6.45) is 5.58. The molecule has 0 unspecified atom stereocenters. The minimum atomic E-state index is -0.494. The van der Waals surface area contributed by atoms with E-state index < -0.39 is 5.82 Å². The molecule has 1 saturated carbocycles. The first-order valence-corrected chi connectivity index (χ1v) is 15.6. The molecule has 4 aromatic rings. The van der Waals surface area contributed by atoms with Gasteiger partial charge in [0.25, 0.3) is 0 Å². The smallest absolute Gasteiger partial charge is 0.248 e. The van der Waals surface area contributed by atoms with Gasteiger partial charge >= 0.3 is 0 Å². The minimum absolute atomic E-state index is 0.0364. The molecule has 2 aromatic carbocycles. The molecule has 2 heterocycles. The van der Waals surface area contributed by atoms with E-state index in [1.165, 1.54) is 17.4 Å². The molecule has 0 spiro atoms. The average molecular weight is 605 g/mol. The molecular weight excluding hydrogens is 567 g/mol. The zero-order chi connectivity index (χ0) is 30.2. The number of ether oxygens (including phenoxy) is 3. The third-order valence-corrected chi connectivity index (χ3v) is 8.51. The summed E-state index contributed by atoms with van der Waals surface area (Å²) in [5.41, 5.74) is 3.46. The van der Waals surface area contributed by atoms with Crippen molar-refractivity contribution >= 4 is 33.2 Å². The number of benzene rings is 2. The molecule has 5 rings (SSSR count). The summed E-state index contributed by atoms with van der Waals surface area (Å²) in [4.78, 5) is 32.2. The number of halogens is 1. The molecule has 2 aromatic heterocycles. The van der Waals surface area contributed by atoms with E-state index in [0.717, 1.165) is 45.5 Å². The summed E-state index contributed by atoms with van der Waals surface area (Å²) < 4.78 is 32.2. The maximum Gasteiger partial charge on any atom is 0.248 e. The summed E-state index contributed by atoms with van der Waals surface area (Å²) in [5.74, 6) is 0.771. The quantitative estimate of drug-likeness (QED) is 0.126. The van der Waals surface area contributed by atoms with Crippen molar-refractivity contribution < 1.29 is 28.2 Å². The van der Waals surface area contributed by atoms with Crippen LogP contribution in [0.25, 0.3) is 20.7 Å². The Morgan fingerprint density at radius 3 is 2.53 bits per heavy atom. The van der Waals surface area contributed by atoms with Gasteiger partial charge in [0, 0.05) is 50.2 Å². The maximum absolute atomic E-state index is 15.0. The Labute approximate surface area is 255 Å². The molecule has 0 N–H and O–H groups in total. The van der Waals surface area contributed by atoms with Crippen molar-refractivity contribution in [3.05, 3.63) is 77.7 Å². The molecule has 1 aliphatic rings. The number of hydrogen-bond donors (Lipinski definition) is 0. The molecule has 43 heavy (non-hydrogen) atoms. The van der Waals surface area contributed by atoms with Crippen LogP contribution in [0.1, 0.15) is 43.7 Å². The number of methoxy groups -OCH3 is 1. The zero-order valence-corrected chi connectivity index (χ0v) is 25.5. The number of fused-ring (bicyclic) bond motifs is 1. The van der Waals surface area contributed by atoms with E-state index >= 15 is 0 Å². The highest BCUT2D eigenvalue weighted by molar-refractivity contribution is 7.22. The van der Waals surface area contributed by atoms with Crippen LogP contribution in [0.5, 0.6) is 11.5 Å². The SMILES string of the molecule is CCCN(Cc1ccc(-c2cc3nccc(Oc4ccc(CC(=O)CC5CC5)cc4F)c3s2)cc1)C(=O)COCCOC. The highest BCUT2D eigenvalue weighted by atomic mass is 32.1. The highest BCUT2D eigenvalue weighted by Crippen LogP contribution is 2.40. The van der Waals surface area contributed by atoms with Gasteiger partial charge in [0.05, 0.1) is 23.4 Å². The third-order valence-electron chi connectivity index (χ3n) is 7.32. The lowest BCUT2D eigenvalue weighted by Crippen LogP contribution is -2.34. The van der Waals surface area contributed by atoms with Crippen LogP contribution in [0.15, 0.2) is 60.8 Å². The Morgan fingerprint density at radius 1 is 1.02 bits per heavy atom. The average Bonchev–Trinajstić information content (AvgIpc) is 3.70. The number of carbonyl (C=O) groups excluding carboxylic acids is 2. The summed E-state index contributed by atoms with van der Waals surface area (Å²) in [6, 6.07) is 16.6. The molecule has 0 radical (unpaired) electrons. The first-order valence-electron chi connectivity index (χ1n) is 14.7. The molecule has 1 fully saturated rings. The number of amides is 1. The molecule has 0 saturated heterocycles. The summed E-state index contributed by atoms with van der Waals surface area (Å²) in [7, 11) is 1.60. The monoisotopic (exact) mass is 604 g/mol. The number of ketones is 1. The van der Waals surface area contributed by atoms with E-state index in [9.17, 15) is 14.0 Å². The van der Waals surface area contributed by atoms with Crippen LogP contribution >= 0.6 is 11.3 Å². The molecule has 1 aliphatic carbocycles. The zero-order valence-electron chi connectivity index (χ0n) is 24.6. The van der Waals surface area contributed by atoms with Gasteiger partial charge in [-0.1, -0.05) is 37.3 Å². The van der Waals surface area contributed by atoms with Crippen LogP contribution in [0, 0.1) is 11.7 Å². The molecule has 0 bridgehead atoms. The Balaban J connectivity index is 1.25. The second kappa shape index (κ2) is 14.7. The fourth-order valence-corrected chi connectivity index (χ4v) is 5.96. The molecule has 0 aliphatic heterocycles. The normalized spacial score (nSPS) is 12.9. The van der Waals surface area contributed by atoms with E-state index in [4.69, 9.17) is 14.2 Å². The lowest BCUT2D eigenvalue weighted by Gasteiger charge is -2.22. The van der Waals surface area contributed by atoms with Gasteiger partial charge < -0.3 is 19.1 Å². The van der Waals surface area contributed by atoms with Gasteiger partial charge in [-0.05, 0) is 60.1 Å². The van der Waals surface area contributed by atoms with Crippen LogP contribution in [-0.2, 0) is 32.0 Å². The Bertz CT molecular complexity index is 1550. The molecular formula is C34H37FN2O5S. The first-order chi connectivity index (χ1) is 20.9. The number of pyridine rings is 1. The van der Waals surface area contributed by atoms with E-state index in [2.05, 4.69) is 4.98 Å². The number of rotatable bonds is 16. The van der Waals surface area contributed by atoms with E-state index in [-0.39, 0.29) is 30.5 Å². The summed E-state index contributed by atoms with van der Waals surface area (Å²) in [6.45, 7) is 4.08. The Morgan fingerprint density at radius 2 is 1.81 bits per heavy atom. The van der Waals surface area contributed by atoms with Gasteiger partial charge in [-0.15, -0.1) is 11.3 Å². The van der Waals surface area contributed by atoms with Gasteiger partial charge in [-0.3, -0.25) is 14.6 Å². The first kappa shape index (κ1) is 30.8. The van der Waals surface area contributed by atoms with Gasteiger partial charge in [0.1, 0.15) is 18.1 Å². The van der Waals surface area contributed by atoms with Gasteiger partial charge in [0.15, 0.2) is 11.6 Å². The van der Waals surface area contributed by atoms with E-state index in [1.807, 2.05) is 42.2 Å². The minimum Gasteiger partial charge on any atom is -0.453 e. The number of aromatic nitrogens is 1. The van der Waals surface area contributed by atoms with Gasteiger partial charge in [-0.2, -0.15) is 0 Å². The predicted octanol–water partition coefficient (Wildman–Crippen LogP) is 7.21. The van der Waals surface area contributed by atoms with Crippen molar-refractivity contribution in [3.8, 4) is 21.9 Å². The summed E-state index contributed by atoms with van der Waals surface area (Å²) >= 11 is 1.53. The van der Waals surface area contributed by atoms with Crippen molar-refractivity contribution in [2.24, 2.45) is 5.92 Å². The van der Waals surface area contributed by atoms with Crippen LogP contribution in [0.4, 0.5) is 4.39 Å². The highest BCUT2D eigenvalue weighted by Gasteiger charge is 2.24. The number of hydrogen-bond acceptors (Lipinski definition) is 7. The topological polar surface area (TPSA) is 78.0 Å². The Hall–Kier alpha value is -3.66. The number of Topliss-reactive ketones (excluding diaryl/α,β-unsaturated/α-hetero) is 1. The lowest BCUT2D eigenvalue weighted by molar-refractivity contribution is -0.137. The van der Waals surface area contributed by atoms with Crippen LogP contribution < -0.4 is 4.74 Å². The van der Waals surface area contributed by atoms with E-state index in [1.54, 1.807) is 31.5 Å². The molecule has 9 heteroatoms. The van der Waals surface area contributed by atoms with Crippen molar-refractivity contribution in [1.82, 2.24) is 9.88 Å². The van der Waals surface area contributed by atoms with Crippen LogP contribution in [0.3, 0.4) is 0 Å². The predicted molar refractivity (Wildman–Crippen MR) is 166 cm³/mol. The van der Waals surface area contributed by atoms with E-state index in [0.29, 0.717) is 50.0 Å². The van der Waals surface area contributed by atoms with Crippen molar-refractivity contribution in [2.45, 2.75) is 45.6 Å².